The Hall–Kier alpha value is -3.68. The number of carbonyl (C=O) groups is 3. The van der Waals surface area contributed by atoms with Gasteiger partial charge < -0.3 is 21.6 Å². The van der Waals surface area contributed by atoms with Gasteiger partial charge in [-0.15, -0.1) is 0 Å². The lowest BCUT2D eigenvalue weighted by Crippen LogP contribution is -2.50. The third-order valence-corrected chi connectivity index (χ3v) is 5.02. The van der Waals surface area contributed by atoms with Crippen LogP contribution in [0.4, 0.5) is 5.69 Å². The van der Waals surface area contributed by atoms with Crippen LogP contribution in [0.5, 0.6) is 0 Å². The normalized spacial score (nSPS) is 19.9. The molecule has 2 amide bonds. The van der Waals surface area contributed by atoms with Crippen molar-refractivity contribution in [2.24, 2.45) is 22.8 Å². The maximum Gasteiger partial charge on any atom is 0.333 e. The molecular formula is C21H22N4O4. The number of aliphatic carboxylic acids is 1. The molecule has 0 radical (unpaired) electrons. The van der Waals surface area contributed by atoms with Crippen molar-refractivity contribution in [1.82, 2.24) is 5.32 Å². The molecule has 150 valence electrons. The number of hydrazone groups is 1. The average molecular weight is 394 g/mol. The summed E-state index contributed by atoms with van der Waals surface area (Å²) < 4.78 is 0. The van der Waals surface area contributed by atoms with Crippen LogP contribution in [-0.2, 0) is 19.9 Å². The number of nitrogens with one attached hydrogen (secondary N) is 2. The Bertz CT molecular complexity index is 943. The van der Waals surface area contributed by atoms with Crippen LogP contribution in [0.25, 0.3) is 0 Å². The molecule has 1 saturated carbocycles. The minimum Gasteiger partial charge on any atom is -0.479 e. The number of nitrogens with zero attached hydrogens (tertiary/aromatic N) is 1. The molecule has 0 aliphatic heterocycles. The van der Waals surface area contributed by atoms with E-state index >= 15 is 0 Å². The molecule has 1 aliphatic rings. The van der Waals surface area contributed by atoms with Crippen molar-refractivity contribution in [3.63, 3.8) is 0 Å². The highest BCUT2D eigenvalue weighted by Gasteiger charge is 2.50. The molecule has 0 spiro atoms. The molecule has 1 fully saturated rings. The van der Waals surface area contributed by atoms with Gasteiger partial charge in [-0.2, -0.15) is 5.10 Å². The minimum absolute atomic E-state index is 0.276. The van der Waals surface area contributed by atoms with E-state index < -0.39 is 29.3 Å². The summed E-state index contributed by atoms with van der Waals surface area (Å²) in [6.07, 6.45) is 1.86. The zero-order chi connectivity index (χ0) is 21.0. The monoisotopic (exact) mass is 394 g/mol. The number of carbonyl (C=O) groups excluding carboxylic acids is 2. The van der Waals surface area contributed by atoms with Gasteiger partial charge in [0.2, 0.25) is 11.8 Å². The fraction of sp³-hybridized carbons (Fsp3) is 0.238. The predicted molar refractivity (Wildman–Crippen MR) is 108 cm³/mol. The van der Waals surface area contributed by atoms with E-state index in [0.29, 0.717) is 17.7 Å². The van der Waals surface area contributed by atoms with E-state index in [9.17, 15) is 19.5 Å². The highest BCUT2D eigenvalue weighted by atomic mass is 16.4. The van der Waals surface area contributed by atoms with E-state index in [1.54, 1.807) is 54.6 Å². The molecule has 2 aromatic rings. The summed E-state index contributed by atoms with van der Waals surface area (Å²) in [5.74, 6) is 2.16. The Morgan fingerprint density at radius 2 is 1.69 bits per heavy atom. The van der Waals surface area contributed by atoms with E-state index in [0.717, 1.165) is 5.56 Å². The van der Waals surface area contributed by atoms with Crippen molar-refractivity contribution in [2.75, 3.05) is 5.32 Å². The number of carboxylic acid groups (broad SMARTS) is 1. The van der Waals surface area contributed by atoms with Gasteiger partial charge in [-0.1, -0.05) is 42.5 Å². The summed E-state index contributed by atoms with van der Waals surface area (Å²) in [5, 5.41) is 18.4. The average Bonchev–Trinajstić information content (AvgIpc) is 3.51. The maximum atomic E-state index is 12.6. The first kappa shape index (κ1) is 20.1. The molecule has 0 aromatic heterocycles. The number of amides is 2. The van der Waals surface area contributed by atoms with Gasteiger partial charge in [0.05, 0.1) is 18.1 Å². The maximum absolute atomic E-state index is 12.6. The molecule has 3 rings (SSSR count). The largest absolute Gasteiger partial charge is 0.479 e. The lowest BCUT2D eigenvalue weighted by molar-refractivity contribution is -0.147. The molecule has 5 N–H and O–H groups in total. The molecule has 0 heterocycles. The van der Waals surface area contributed by atoms with Crippen molar-refractivity contribution in [2.45, 2.75) is 18.9 Å². The van der Waals surface area contributed by atoms with Crippen LogP contribution in [0, 0.1) is 11.8 Å². The first-order chi connectivity index (χ1) is 13.8. The zero-order valence-electron chi connectivity index (χ0n) is 15.8. The number of nitrogens with two attached hydrogens (primary N) is 1. The summed E-state index contributed by atoms with van der Waals surface area (Å²) in [4.78, 5) is 36.8. The second-order valence-corrected chi connectivity index (χ2v) is 7.12. The Labute approximate surface area is 167 Å². The number of anilines is 1. The smallest absolute Gasteiger partial charge is 0.333 e. The van der Waals surface area contributed by atoms with Gasteiger partial charge in [-0.25, -0.2) is 4.79 Å². The predicted octanol–water partition coefficient (Wildman–Crippen LogP) is 1.67. The molecule has 0 bridgehead atoms. The lowest BCUT2D eigenvalue weighted by atomic mass is 9.91. The second kappa shape index (κ2) is 8.14. The third-order valence-electron chi connectivity index (χ3n) is 5.02. The first-order valence-electron chi connectivity index (χ1n) is 9.10. The van der Waals surface area contributed by atoms with Crippen LogP contribution in [0.2, 0.25) is 0 Å². The van der Waals surface area contributed by atoms with Crippen LogP contribution < -0.4 is 16.5 Å². The quantitative estimate of drug-likeness (QED) is 0.322. The van der Waals surface area contributed by atoms with Crippen LogP contribution in [-0.4, -0.2) is 29.1 Å². The third kappa shape index (κ3) is 4.43. The molecule has 0 saturated heterocycles. The van der Waals surface area contributed by atoms with Crippen molar-refractivity contribution in [1.29, 1.82) is 0 Å². The minimum atomic E-state index is -1.57. The van der Waals surface area contributed by atoms with Crippen LogP contribution >= 0.6 is 0 Å². The van der Waals surface area contributed by atoms with Crippen LogP contribution in [0.15, 0.2) is 59.7 Å². The number of hydrogen-bond acceptors (Lipinski definition) is 5. The van der Waals surface area contributed by atoms with E-state index in [4.69, 9.17) is 5.84 Å². The van der Waals surface area contributed by atoms with Gasteiger partial charge >= 0.3 is 5.97 Å². The van der Waals surface area contributed by atoms with Gasteiger partial charge in [0.15, 0.2) is 5.54 Å². The van der Waals surface area contributed by atoms with Gasteiger partial charge in [0.1, 0.15) is 0 Å². The topological polar surface area (TPSA) is 134 Å². The number of benzene rings is 2. The highest BCUT2D eigenvalue weighted by Crippen LogP contribution is 2.40. The number of rotatable bonds is 7. The fourth-order valence-electron chi connectivity index (χ4n) is 3.11. The molecule has 1 aliphatic carbocycles. The van der Waals surface area contributed by atoms with E-state index in [1.165, 1.54) is 13.1 Å². The molecule has 3 atom stereocenters. The molecule has 8 heteroatoms. The molecular weight excluding hydrogens is 372 g/mol. The van der Waals surface area contributed by atoms with Gasteiger partial charge in [0.25, 0.3) is 0 Å². The number of carboxylic acids is 1. The summed E-state index contributed by atoms with van der Waals surface area (Å²) >= 11 is 0. The first-order valence-corrected chi connectivity index (χ1v) is 9.10. The Kier molecular flexibility index (Phi) is 5.63. The van der Waals surface area contributed by atoms with Crippen LogP contribution in [0.3, 0.4) is 0 Å². The molecule has 2 aromatic carbocycles. The SMILES string of the molecule is C[C@@](NC(=O)C1CC1C(=O)Nc1ccc(C=NN)cc1)(C(=O)O)c1ccccc1. The van der Waals surface area contributed by atoms with Gasteiger partial charge in [0, 0.05) is 5.69 Å². The van der Waals surface area contributed by atoms with Crippen LogP contribution in [0.1, 0.15) is 24.5 Å². The summed E-state index contributed by atoms with van der Waals surface area (Å²) in [6, 6.07) is 15.4. The van der Waals surface area contributed by atoms with E-state index in [2.05, 4.69) is 15.7 Å². The van der Waals surface area contributed by atoms with Gasteiger partial charge in [-0.05, 0) is 36.6 Å². The van der Waals surface area contributed by atoms with Gasteiger partial charge in [-0.3, -0.25) is 9.59 Å². The fourth-order valence-corrected chi connectivity index (χ4v) is 3.11. The Morgan fingerprint density at radius 1 is 1.07 bits per heavy atom. The summed E-state index contributed by atoms with van der Waals surface area (Å²) in [7, 11) is 0. The summed E-state index contributed by atoms with van der Waals surface area (Å²) in [6.45, 7) is 1.44. The Morgan fingerprint density at radius 3 is 2.28 bits per heavy atom. The van der Waals surface area contributed by atoms with Crippen molar-refractivity contribution >= 4 is 29.7 Å². The number of hydrogen-bond donors (Lipinski definition) is 4. The molecule has 2 unspecified atom stereocenters. The zero-order valence-corrected chi connectivity index (χ0v) is 15.8. The summed E-state index contributed by atoms with van der Waals surface area (Å²) in [5.41, 5.74) is 0.282. The standard InChI is InChI=1S/C21H22N4O4/c1-21(20(28)29,14-5-3-2-4-6-14)25-19(27)17-11-16(17)18(26)24-15-9-7-13(8-10-15)12-23-22/h2-10,12,16-17H,11,22H2,1H3,(H,24,26)(H,25,27)(H,28,29)/t16?,17?,21-/m0/s1. The molecule has 29 heavy (non-hydrogen) atoms. The van der Waals surface area contributed by atoms with E-state index in [1.807, 2.05) is 0 Å². The van der Waals surface area contributed by atoms with Crippen molar-refractivity contribution in [3.05, 3.63) is 65.7 Å². The van der Waals surface area contributed by atoms with Crippen molar-refractivity contribution < 1.29 is 19.5 Å². The van der Waals surface area contributed by atoms with Crippen molar-refractivity contribution in [3.8, 4) is 0 Å². The second-order valence-electron chi connectivity index (χ2n) is 7.12. The van der Waals surface area contributed by atoms with E-state index in [-0.39, 0.29) is 5.91 Å². The Balaban J connectivity index is 1.62. The lowest BCUT2D eigenvalue weighted by Gasteiger charge is -2.27. The highest BCUT2D eigenvalue weighted by molar-refractivity contribution is 6.00. The molecule has 8 nitrogen and oxygen atoms in total.